The Morgan fingerprint density at radius 1 is 1.18 bits per heavy atom. The lowest BCUT2D eigenvalue weighted by Gasteiger charge is -2.10. The van der Waals surface area contributed by atoms with Crippen molar-refractivity contribution in [2.24, 2.45) is 17.4 Å². The predicted molar refractivity (Wildman–Crippen MR) is 110 cm³/mol. The number of nitrogens with two attached hydrogens (primary N) is 2. The third kappa shape index (κ3) is 5.09. The standard InChI is InChI=1S/C18H22N4O4S2/c19-17(23)16-14(22-18(20)24)7-15(27-16)13-3-1-11(2-4-13)8-21-9-12-5-6-28(25,26)10-12/h1-4,7,12,21H,5-6,8-10H2,(H2,19,23)(H3,20,22,24). The maximum Gasteiger partial charge on any atom is 0.316 e. The van der Waals surface area contributed by atoms with Crippen LogP contribution in [0.4, 0.5) is 10.5 Å². The van der Waals surface area contributed by atoms with Crippen molar-refractivity contribution in [3.8, 4) is 10.4 Å². The summed E-state index contributed by atoms with van der Waals surface area (Å²) in [5.41, 5.74) is 12.7. The molecule has 150 valence electrons. The second-order valence-corrected chi connectivity index (χ2v) is 10.1. The minimum atomic E-state index is -2.85. The van der Waals surface area contributed by atoms with Gasteiger partial charge in [0.25, 0.3) is 5.91 Å². The number of benzene rings is 1. The van der Waals surface area contributed by atoms with E-state index >= 15 is 0 Å². The van der Waals surface area contributed by atoms with Crippen LogP contribution in [0.5, 0.6) is 0 Å². The first-order chi connectivity index (χ1) is 13.2. The number of hydrogen-bond acceptors (Lipinski definition) is 6. The molecule has 28 heavy (non-hydrogen) atoms. The number of thiophene rings is 1. The van der Waals surface area contributed by atoms with Crippen LogP contribution in [0.2, 0.25) is 0 Å². The molecule has 1 atom stereocenters. The minimum absolute atomic E-state index is 0.179. The minimum Gasteiger partial charge on any atom is -0.365 e. The van der Waals surface area contributed by atoms with Gasteiger partial charge >= 0.3 is 6.03 Å². The van der Waals surface area contributed by atoms with E-state index in [2.05, 4.69) is 10.6 Å². The van der Waals surface area contributed by atoms with Crippen LogP contribution >= 0.6 is 11.3 Å². The number of nitrogens with one attached hydrogen (secondary N) is 2. The summed E-state index contributed by atoms with van der Waals surface area (Å²) in [6, 6.07) is 8.66. The Morgan fingerprint density at radius 3 is 2.46 bits per heavy atom. The Hall–Kier alpha value is -2.43. The zero-order valence-corrected chi connectivity index (χ0v) is 16.7. The van der Waals surface area contributed by atoms with Crippen LogP contribution in [0, 0.1) is 5.92 Å². The molecule has 2 heterocycles. The number of carbonyl (C=O) groups is 2. The molecular formula is C18H22N4O4S2. The van der Waals surface area contributed by atoms with Crippen molar-refractivity contribution >= 4 is 38.8 Å². The number of anilines is 1. The molecule has 3 amide bonds. The number of urea groups is 1. The highest BCUT2D eigenvalue weighted by Gasteiger charge is 2.27. The molecule has 0 aliphatic carbocycles. The molecule has 3 rings (SSSR count). The largest absolute Gasteiger partial charge is 0.365 e. The van der Waals surface area contributed by atoms with E-state index in [0.29, 0.717) is 18.8 Å². The second-order valence-electron chi connectivity index (χ2n) is 6.80. The number of amides is 3. The maximum absolute atomic E-state index is 11.6. The summed E-state index contributed by atoms with van der Waals surface area (Å²) in [5, 5.41) is 5.72. The Balaban J connectivity index is 1.62. The normalized spacial score (nSPS) is 18.1. The number of carbonyl (C=O) groups excluding carboxylic acids is 2. The van der Waals surface area contributed by atoms with Gasteiger partial charge in [0.1, 0.15) is 4.88 Å². The highest BCUT2D eigenvalue weighted by Crippen LogP contribution is 2.34. The van der Waals surface area contributed by atoms with Crippen molar-refractivity contribution in [3.05, 3.63) is 40.8 Å². The average Bonchev–Trinajstić information content (AvgIpc) is 3.18. The van der Waals surface area contributed by atoms with E-state index in [9.17, 15) is 18.0 Å². The van der Waals surface area contributed by atoms with Gasteiger partial charge in [0.15, 0.2) is 9.84 Å². The number of sulfone groups is 1. The fourth-order valence-electron chi connectivity index (χ4n) is 3.18. The molecule has 8 nitrogen and oxygen atoms in total. The predicted octanol–water partition coefficient (Wildman–Crippen LogP) is 1.53. The molecule has 1 saturated heterocycles. The molecule has 0 spiro atoms. The lowest BCUT2D eigenvalue weighted by atomic mass is 10.1. The van der Waals surface area contributed by atoms with E-state index in [0.717, 1.165) is 22.4 Å². The Bertz CT molecular complexity index is 984. The molecule has 1 aliphatic rings. The third-order valence-corrected chi connectivity index (χ3v) is 7.58. The van der Waals surface area contributed by atoms with Crippen LogP contribution < -0.4 is 22.1 Å². The fourth-order valence-corrected chi connectivity index (χ4v) is 6.02. The van der Waals surface area contributed by atoms with Crippen LogP contribution in [0.1, 0.15) is 21.7 Å². The van der Waals surface area contributed by atoms with Gasteiger partial charge in [-0.1, -0.05) is 24.3 Å². The zero-order chi connectivity index (χ0) is 20.3. The monoisotopic (exact) mass is 422 g/mol. The fraction of sp³-hybridized carbons (Fsp3) is 0.333. The molecule has 0 radical (unpaired) electrons. The molecule has 1 unspecified atom stereocenters. The maximum atomic E-state index is 11.6. The van der Waals surface area contributed by atoms with E-state index in [1.54, 1.807) is 6.07 Å². The lowest BCUT2D eigenvalue weighted by Crippen LogP contribution is -2.23. The summed E-state index contributed by atoms with van der Waals surface area (Å²) in [5.74, 6) is 0.101. The molecule has 0 bridgehead atoms. The van der Waals surface area contributed by atoms with E-state index < -0.39 is 21.8 Å². The molecule has 1 aromatic carbocycles. The van der Waals surface area contributed by atoms with Gasteiger partial charge in [0.2, 0.25) is 0 Å². The van der Waals surface area contributed by atoms with E-state index in [1.165, 1.54) is 11.3 Å². The van der Waals surface area contributed by atoms with Crippen molar-refractivity contribution < 1.29 is 18.0 Å². The summed E-state index contributed by atoms with van der Waals surface area (Å²) < 4.78 is 23.0. The Morgan fingerprint density at radius 2 is 1.89 bits per heavy atom. The molecule has 0 saturated carbocycles. The topological polar surface area (TPSA) is 144 Å². The first kappa shape index (κ1) is 20.3. The first-order valence-electron chi connectivity index (χ1n) is 8.74. The van der Waals surface area contributed by atoms with Crippen LogP contribution in [-0.2, 0) is 16.4 Å². The summed E-state index contributed by atoms with van der Waals surface area (Å²) >= 11 is 1.19. The van der Waals surface area contributed by atoms with Crippen molar-refractivity contribution in [1.29, 1.82) is 0 Å². The Labute approximate surface area is 167 Å². The van der Waals surface area contributed by atoms with Gasteiger partial charge < -0.3 is 22.1 Å². The summed E-state index contributed by atoms with van der Waals surface area (Å²) in [6.45, 7) is 1.32. The molecule has 10 heteroatoms. The average molecular weight is 423 g/mol. The molecule has 1 aliphatic heterocycles. The molecule has 6 N–H and O–H groups in total. The first-order valence-corrected chi connectivity index (χ1v) is 11.4. The Kier molecular flexibility index (Phi) is 6.01. The van der Waals surface area contributed by atoms with Gasteiger partial charge in [-0.2, -0.15) is 0 Å². The number of rotatable bonds is 7. The van der Waals surface area contributed by atoms with E-state index in [4.69, 9.17) is 11.5 Å². The zero-order valence-electron chi connectivity index (χ0n) is 15.1. The van der Waals surface area contributed by atoms with Crippen LogP contribution in [-0.4, -0.2) is 38.4 Å². The summed E-state index contributed by atoms with van der Waals surface area (Å²) in [4.78, 5) is 23.7. The van der Waals surface area contributed by atoms with E-state index in [-0.39, 0.29) is 22.3 Å². The highest BCUT2D eigenvalue weighted by molar-refractivity contribution is 7.91. The quantitative estimate of drug-likeness (QED) is 0.535. The number of primary amides is 2. The molecule has 2 aromatic rings. The molecular weight excluding hydrogens is 400 g/mol. The SMILES string of the molecule is NC(=O)Nc1cc(-c2ccc(CNCC3CCS(=O)(=O)C3)cc2)sc1C(N)=O. The van der Waals surface area contributed by atoms with Gasteiger partial charge in [-0.25, -0.2) is 13.2 Å². The summed E-state index contributed by atoms with van der Waals surface area (Å²) in [7, 11) is -2.85. The van der Waals surface area contributed by atoms with Crippen molar-refractivity contribution in [2.75, 3.05) is 23.4 Å². The smallest absolute Gasteiger partial charge is 0.316 e. The van der Waals surface area contributed by atoms with Gasteiger partial charge in [0.05, 0.1) is 17.2 Å². The molecule has 1 aromatic heterocycles. The lowest BCUT2D eigenvalue weighted by molar-refractivity contribution is 0.100. The second kappa shape index (κ2) is 8.29. The van der Waals surface area contributed by atoms with Crippen LogP contribution in [0.3, 0.4) is 0 Å². The third-order valence-electron chi connectivity index (χ3n) is 4.54. The molecule has 1 fully saturated rings. The van der Waals surface area contributed by atoms with Gasteiger partial charge in [0, 0.05) is 11.4 Å². The van der Waals surface area contributed by atoms with Crippen LogP contribution in [0.25, 0.3) is 10.4 Å². The number of hydrogen-bond donors (Lipinski definition) is 4. The summed E-state index contributed by atoms with van der Waals surface area (Å²) in [6.07, 6.45) is 0.719. The van der Waals surface area contributed by atoms with Gasteiger partial charge in [-0.05, 0) is 36.1 Å². The highest BCUT2D eigenvalue weighted by atomic mass is 32.2. The van der Waals surface area contributed by atoms with Crippen LogP contribution in [0.15, 0.2) is 30.3 Å². The van der Waals surface area contributed by atoms with Crippen molar-refractivity contribution in [1.82, 2.24) is 5.32 Å². The van der Waals surface area contributed by atoms with Gasteiger partial charge in [-0.3, -0.25) is 4.79 Å². The van der Waals surface area contributed by atoms with Gasteiger partial charge in [-0.15, -0.1) is 11.3 Å². The van der Waals surface area contributed by atoms with E-state index in [1.807, 2.05) is 24.3 Å². The van der Waals surface area contributed by atoms with Crippen molar-refractivity contribution in [2.45, 2.75) is 13.0 Å². The van der Waals surface area contributed by atoms with Crippen molar-refractivity contribution in [3.63, 3.8) is 0 Å².